The molecule has 3 rings (SSSR count). The Morgan fingerprint density at radius 3 is 2.78 bits per heavy atom. The van der Waals surface area contributed by atoms with Crippen LogP contribution in [0.15, 0.2) is 40.1 Å². The first kappa shape index (κ1) is 19.5. The van der Waals surface area contributed by atoms with Crippen molar-refractivity contribution in [2.45, 2.75) is 44.6 Å². The Kier molecular flexibility index (Phi) is 5.92. The number of rotatable bonds is 6. The summed E-state index contributed by atoms with van der Waals surface area (Å²) in [6, 6.07) is 7.30. The van der Waals surface area contributed by atoms with Crippen LogP contribution in [0.1, 0.15) is 25.2 Å². The summed E-state index contributed by atoms with van der Waals surface area (Å²) in [5.41, 5.74) is 2.58. The van der Waals surface area contributed by atoms with Gasteiger partial charge in [0.2, 0.25) is 5.91 Å². The van der Waals surface area contributed by atoms with Gasteiger partial charge in [-0.2, -0.15) is 0 Å². The Bertz CT molecular complexity index is 967. The normalized spacial score (nSPS) is 12.2. The molecule has 142 valence electrons. The van der Waals surface area contributed by atoms with Crippen molar-refractivity contribution in [2.75, 3.05) is 5.32 Å². The minimum atomic E-state index is -0.351. The first-order valence-electron chi connectivity index (χ1n) is 8.62. The van der Waals surface area contributed by atoms with Crippen LogP contribution in [0.3, 0.4) is 0 Å². The summed E-state index contributed by atoms with van der Waals surface area (Å²) < 4.78 is 7.35. The summed E-state index contributed by atoms with van der Waals surface area (Å²) in [6.45, 7) is 8.37. The molecule has 0 saturated heterocycles. The highest BCUT2D eigenvalue weighted by Crippen LogP contribution is 2.29. The molecule has 1 aromatic carbocycles. The average Bonchev–Trinajstić information content (AvgIpc) is 3.23. The molecule has 0 saturated carbocycles. The van der Waals surface area contributed by atoms with Crippen molar-refractivity contribution in [3.05, 3.63) is 46.9 Å². The number of aryl methyl sites for hydroxylation is 2. The molecule has 6 nitrogen and oxygen atoms in total. The van der Waals surface area contributed by atoms with Gasteiger partial charge in [0.25, 0.3) is 0 Å². The third kappa shape index (κ3) is 4.20. The van der Waals surface area contributed by atoms with Gasteiger partial charge >= 0.3 is 0 Å². The smallest absolute Gasteiger partial charge is 0.237 e. The van der Waals surface area contributed by atoms with E-state index >= 15 is 0 Å². The van der Waals surface area contributed by atoms with Gasteiger partial charge in [-0.25, -0.2) is 0 Å². The van der Waals surface area contributed by atoms with E-state index in [-0.39, 0.29) is 11.2 Å². The van der Waals surface area contributed by atoms with E-state index in [0.29, 0.717) is 22.4 Å². The van der Waals surface area contributed by atoms with Gasteiger partial charge in [0, 0.05) is 17.3 Å². The Labute approximate surface area is 167 Å². The molecule has 1 amide bonds. The van der Waals surface area contributed by atoms with Crippen LogP contribution in [0.5, 0.6) is 0 Å². The highest BCUT2D eigenvalue weighted by atomic mass is 35.5. The fourth-order valence-corrected chi connectivity index (χ4v) is 3.74. The molecule has 0 spiro atoms. The zero-order chi connectivity index (χ0) is 19.6. The highest BCUT2D eigenvalue weighted by Gasteiger charge is 2.22. The Hall–Kier alpha value is -2.25. The number of thioether (sulfide) groups is 1. The van der Waals surface area contributed by atoms with E-state index < -0.39 is 0 Å². The number of benzene rings is 1. The van der Waals surface area contributed by atoms with E-state index in [1.54, 1.807) is 18.4 Å². The number of hydrogen-bond donors (Lipinski definition) is 1. The molecule has 0 aliphatic heterocycles. The second-order valence-corrected chi connectivity index (χ2v) is 7.89. The van der Waals surface area contributed by atoms with Crippen LogP contribution in [-0.4, -0.2) is 25.9 Å². The molecule has 2 heterocycles. The lowest BCUT2D eigenvalue weighted by Crippen LogP contribution is -2.23. The molecule has 1 atom stereocenters. The van der Waals surface area contributed by atoms with Gasteiger partial charge in [0.1, 0.15) is 5.76 Å². The Morgan fingerprint density at radius 1 is 1.33 bits per heavy atom. The fourth-order valence-electron chi connectivity index (χ4n) is 2.65. The van der Waals surface area contributed by atoms with E-state index in [9.17, 15) is 4.79 Å². The molecule has 0 aliphatic rings. The maximum Gasteiger partial charge on any atom is 0.237 e. The monoisotopic (exact) mass is 404 g/mol. The topological polar surface area (TPSA) is 73.0 Å². The molecule has 3 aromatic rings. The van der Waals surface area contributed by atoms with Crippen LogP contribution in [0.25, 0.3) is 11.4 Å². The van der Waals surface area contributed by atoms with Gasteiger partial charge in [0.05, 0.1) is 17.1 Å². The predicted octanol–water partition coefficient (Wildman–Crippen LogP) is 4.95. The van der Waals surface area contributed by atoms with E-state index in [2.05, 4.69) is 15.5 Å². The van der Waals surface area contributed by atoms with Gasteiger partial charge in [-0.3, -0.25) is 4.79 Å². The van der Waals surface area contributed by atoms with Crippen LogP contribution in [0.4, 0.5) is 5.69 Å². The quantitative estimate of drug-likeness (QED) is 0.588. The van der Waals surface area contributed by atoms with Gasteiger partial charge in [-0.1, -0.05) is 29.4 Å². The van der Waals surface area contributed by atoms with Gasteiger partial charge in [-0.15, -0.1) is 10.2 Å². The minimum Gasteiger partial charge on any atom is -0.469 e. The summed E-state index contributed by atoms with van der Waals surface area (Å²) in [5.74, 6) is 1.41. The van der Waals surface area contributed by atoms with Crippen LogP contribution in [0.2, 0.25) is 5.02 Å². The zero-order valence-corrected chi connectivity index (χ0v) is 17.2. The van der Waals surface area contributed by atoms with E-state index in [0.717, 1.165) is 22.7 Å². The van der Waals surface area contributed by atoms with Crippen molar-refractivity contribution in [3.8, 4) is 11.4 Å². The summed E-state index contributed by atoms with van der Waals surface area (Å²) in [4.78, 5) is 12.6. The Morgan fingerprint density at radius 2 is 2.11 bits per heavy atom. The van der Waals surface area contributed by atoms with Crippen molar-refractivity contribution < 1.29 is 9.21 Å². The second kappa shape index (κ2) is 8.19. The van der Waals surface area contributed by atoms with Gasteiger partial charge < -0.3 is 14.3 Å². The zero-order valence-electron chi connectivity index (χ0n) is 15.6. The number of halogens is 1. The summed E-state index contributed by atoms with van der Waals surface area (Å²) in [7, 11) is 0. The van der Waals surface area contributed by atoms with Crippen LogP contribution in [0, 0.1) is 13.8 Å². The van der Waals surface area contributed by atoms with E-state index in [1.807, 2.05) is 44.4 Å². The molecule has 8 heteroatoms. The number of nitrogens with one attached hydrogen (secondary N) is 1. The largest absolute Gasteiger partial charge is 0.469 e. The van der Waals surface area contributed by atoms with Crippen LogP contribution in [-0.2, 0) is 11.3 Å². The van der Waals surface area contributed by atoms with E-state index in [1.165, 1.54) is 11.8 Å². The first-order chi connectivity index (χ1) is 12.9. The molecular formula is C19H21ClN4O2S. The Balaban J connectivity index is 1.77. The summed E-state index contributed by atoms with van der Waals surface area (Å²) in [6.07, 6.45) is 1.63. The second-order valence-electron chi connectivity index (χ2n) is 6.15. The predicted molar refractivity (Wildman–Crippen MR) is 108 cm³/mol. The number of amides is 1. The van der Waals surface area contributed by atoms with Crippen molar-refractivity contribution in [1.82, 2.24) is 14.8 Å². The fraction of sp³-hybridized carbons (Fsp3) is 0.316. The molecule has 0 unspecified atom stereocenters. The number of hydrogen-bond acceptors (Lipinski definition) is 5. The third-order valence-corrected chi connectivity index (χ3v) is 5.56. The SMILES string of the molecule is CCn1c(S[C@@H](C)C(=O)Nc2cc(Cl)ccc2C)nnc1-c1ccoc1C. The van der Waals surface area contributed by atoms with Crippen LogP contribution < -0.4 is 5.32 Å². The minimum absolute atomic E-state index is 0.114. The molecule has 0 bridgehead atoms. The molecule has 0 fully saturated rings. The first-order valence-corrected chi connectivity index (χ1v) is 9.87. The van der Waals surface area contributed by atoms with Crippen molar-refractivity contribution in [2.24, 2.45) is 0 Å². The lowest BCUT2D eigenvalue weighted by atomic mass is 10.2. The van der Waals surface area contributed by atoms with Crippen molar-refractivity contribution in [1.29, 1.82) is 0 Å². The van der Waals surface area contributed by atoms with Crippen LogP contribution >= 0.6 is 23.4 Å². The highest BCUT2D eigenvalue weighted by molar-refractivity contribution is 8.00. The summed E-state index contributed by atoms with van der Waals surface area (Å²) >= 11 is 7.40. The maximum absolute atomic E-state index is 12.6. The number of carbonyl (C=O) groups excluding carboxylic acids is 1. The molecule has 27 heavy (non-hydrogen) atoms. The number of carbonyl (C=O) groups is 1. The lowest BCUT2D eigenvalue weighted by molar-refractivity contribution is -0.115. The average molecular weight is 405 g/mol. The van der Waals surface area contributed by atoms with E-state index in [4.69, 9.17) is 16.0 Å². The number of furan rings is 1. The number of aromatic nitrogens is 3. The third-order valence-electron chi connectivity index (χ3n) is 4.24. The van der Waals surface area contributed by atoms with Crippen molar-refractivity contribution in [3.63, 3.8) is 0 Å². The molecule has 0 aliphatic carbocycles. The number of nitrogens with zero attached hydrogens (tertiary/aromatic N) is 3. The molecule has 2 aromatic heterocycles. The number of anilines is 1. The molecule has 1 N–H and O–H groups in total. The standard InChI is InChI=1S/C19H21ClN4O2S/c1-5-24-17(15-8-9-26-12(15)3)22-23-19(24)27-13(4)18(25)21-16-10-14(20)7-6-11(16)2/h6-10,13H,5H2,1-4H3,(H,21,25)/t13-/m0/s1. The molecule has 0 radical (unpaired) electrons. The lowest BCUT2D eigenvalue weighted by Gasteiger charge is -2.14. The summed E-state index contributed by atoms with van der Waals surface area (Å²) in [5, 5.41) is 12.4. The molecular weight excluding hydrogens is 384 g/mol. The maximum atomic E-state index is 12.6. The van der Waals surface area contributed by atoms with Gasteiger partial charge in [-0.05, 0) is 51.5 Å². The van der Waals surface area contributed by atoms with Gasteiger partial charge in [0.15, 0.2) is 11.0 Å². The van der Waals surface area contributed by atoms with Crippen molar-refractivity contribution >= 4 is 35.0 Å².